The van der Waals surface area contributed by atoms with Crippen LogP contribution >= 0.6 is 0 Å². The lowest BCUT2D eigenvalue weighted by Gasteiger charge is -2.15. The van der Waals surface area contributed by atoms with Crippen LogP contribution in [0.2, 0.25) is 0 Å². The van der Waals surface area contributed by atoms with Crippen molar-refractivity contribution in [1.29, 1.82) is 0 Å². The van der Waals surface area contributed by atoms with Crippen LogP contribution in [0.3, 0.4) is 0 Å². The van der Waals surface area contributed by atoms with E-state index >= 15 is 0 Å². The Balaban J connectivity index is 1.72. The fraction of sp³-hybridized carbons (Fsp3) is 0.269. The summed E-state index contributed by atoms with van der Waals surface area (Å²) < 4.78 is 24.8. The zero-order valence-corrected chi connectivity index (χ0v) is 19.1. The number of nitrogens with zero attached hydrogens (tertiary/aromatic N) is 2. The van der Waals surface area contributed by atoms with Crippen molar-refractivity contribution in [3.8, 4) is 34.4 Å². The molecule has 1 heterocycles. The van der Waals surface area contributed by atoms with Crippen molar-refractivity contribution in [2.24, 2.45) is 0 Å². The second-order valence-corrected chi connectivity index (χ2v) is 7.66. The van der Waals surface area contributed by atoms with Gasteiger partial charge >= 0.3 is 0 Å². The van der Waals surface area contributed by atoms with Gasteiger partial charge in [0.15, 0.2) is 11.5 Å². The molecule has 0 aliphatic heterocycles. The van der Waals surface area contributed by atoms with Crippen LogP contribution in [0.4, 0.5) is 0 Å². The average Bonchev–Trinajstić information content (AvgIpc) is 3.16. The Morgan fingerprint density at radius 1 is 0.812 bits per heavy atom. The summed E-state index contributed by atoms with van der Waals surface area (Å²) in [5, 5.41) is 0. The number of para-hydroxylation sites is 2. The maximum absolute atomic E-state index is 6.09. The summed E-state index contributed by atoms with van der Waals surface area (Å²) in [7, 11) is 4.82. The number of hydrogen-bond acceptors (Lipinski definition) is 5. The molecule has 166 valence electrons. The third-order valence-electron chi connectivity index (χ3n) is 5.36. The number of hydrogen-bond donors (Lipinski definition) is 0. The third kappa shape index (κ3) is 4.21. The summed E-state index contributed by atoms with van der Waals surface area (Å²) in [5.74, 6) is 3.43. The largest absolute Gasteiger partial charge is 0.493 e. The highest BCUT2D eigenvalue weighted by Gasteiger charge is 2.19. The molecule has 0 saturated heterocycles. The van der Waals surface area contributed by atoms with Gasteiger partial charge in [0.05, 0.1) is 38.9 Å². The Labute approximate surface area is 188 Å². The molecule has 4 rings (SSSR count). The number of aromatic nitrogens is 2. The number of rotatable bonds is 8. The average molecular weight is 433 g/mol. The SMILES string of the molecule is COc1cc(-c2nc3ccccc3n2CCOc2cc(C)cc(C)c2)cc(OC)c1OC. The molecule has 0 radical (unpaired) electrons. The topological polar surface area (TPSA) is 54.7 Å². The summed E-state index contributed by atoms with van der Waals surface area (Å²) in [5.41, 5.74) is 5.21. The lowest BCUT2D eigenvalue weighted by Crippen LogP contribution is -2.10. The first-order valence-electron chi connectivity index (χ1n) is 10.5. The Bertz CT molecular complexity index is 1200. The molecule has 0 atom stereocenters. The van der Waals surface area contributed by atoms with Crippen molar-refractivity contribution in [3.63, 3.8) is 0 Å². The van der Waals surface area contributed by atoms with Gasteiger partial charge in [-0.05, 0) is 61.4 Å². The molecule has 0 spiro atoms. The van der Waals surface area contributed by atoms with E-state index in [4.69, 9.17) is 23.9 Å². The van der Waals surface area contributed by atoms with Crippen LogP contribution in [0.25, 0.3) is 22.4 Å². The van der Waals surface area contributed by atoms with Gasteiger partial charge in [0.2, 0.25) is 5.75 Å². The molecule has 0 bridgehead atoms. The summed E-state index contributed by atoms with van der Waals surface area (Å²) in [6.07, 6.45) is 0. The van der Waals surface area contributed by atoms with Crippen molar-refractivity contribution in [2.45, 2.75) is 20.4 Å². The van der Waals surface area contributed by atoms with Gasteiger partial charge in [0, 0.05) is 5.56 Å². The molecule has 0 N–H and O–H groups in total. The highest BCUT2D eigenvalue weighted by atomic mass is 16.5. The lowest BCUT2D eigenvalue weighted by molar-refractivity contribution is 0.300. The summed E-state index contributed by atoms with van der Waals surface area (Å²) in [4.78, 5) is 4.90. The Morgan fingerprint density at radius 2 is 1.47 bits per heavy atom. The first kappa shape index (κ1) is 21.6. The third-order valence-corrected chi connectivity index (χ3v) is 5.36. The van der Waals surface area contributed by atoms with Crippen LogP contribution in [0, 0.1) is 13.8 Å². The van der Waals surface area contributed by atoms with E-state index in [0.29, 0.717) is 30.4 Å². The Morgan fingerprint density at radius 3 is 2.09 bits per heavy atom. The minimum absolute atomic E-state index is 0.515. The van der Waals surface area contributed by atoms with Crippen LogP contribution in [-0.2, 0) is 6.54 Å². The first-order valence-corrected chi connectivity index (χ1v) is 10.5. The van der Waals surface area contributed by atoms with E-state index < -0.39 is 0 Å². The highest BCUT2D eigenvalue weighted by Crippen LogP contribution is 2.41. The second-order valence-electron chi connectivity index (χ2n) is 7.66. The molecule has 0 fully saturated rings. The van der Waals surface area contributed by atoms with Crippen LogP contribution in [0.1, 0.15) is 11.1 Å². The molecule has 6 nitrogen and oxygen atoms in total. The molecule has 6 heteroatoms. The molecule has 3 aromatic carbocycles. The number of imidazole rings is 1. The fourth-order valence-corrected chi connectivity index (χ4v) is 4.00. The summed E-state index contributed by atoms with van der Waals surface area (Å²) >= 11 is 0. The number of aryl methyl sites for hydroxylation is 2. The lowest BCUT2D eigenvalue weighted by atomic mass is 10.1. The normalized spacial score (nSPS) is 10.9. The van der Waals surface area contributed by atoms with Gasteiger partial charge in [-0.15, -0.1) is 0 Å². The fourth-order valence-electron chi connectivity index (χ4n) is 4.00. The molecule has 1 aromatic heterocycles. The minimum Gasteiger partial charge on any atom is -0.493 e. The van der Waals surface area contributed by atoms with Gasteiger partial charge in [-0.2, -0.15) is 0 Å². The van der Waals surface area contributed by atoms with Crippen molar-refractivity contribution in [3.05, 3.63) is 65.7 Å². The molecule has 0 unspecified atom stereocenters. The predicted molar refractivity (Wildman–Crippen MR) is 126 cm³/mol. The van der Waals surface area contributed by atoms with Crippen LogP contribution < -0.4 is 18.9 Å². The monoisotopic (exact) mass is 432 g/mol. The smallest absolute Gasteiger partial charge is 0.203 e. The predicted octanol–water partition coefficient (Wildman–Crippen LogP) is 5.42. The molecule has 0 saturated carbocycles. The molecule has 4 aromatic rings. The molecule has 32 heavy (non-hydrogen) atoms. The summed E-state index contributed by atoms with van der Waals surface area (Å²) in [6.45, 7) is 5.30. The number of methoxy groups -OCH3 is 3. The molecule has 0 amide bonds. The van der Waals surface area contributed by atoms with E-state index in [9.17, 15) is 0 Å². The van der Waals surface area contributed by atoms with Crippen LogP contribution in [0.15, 0.2) is 54.6 Å². The zero-order chi connectivity index (χ0) is 22.7. The van der Waals surface area contributed by atoms with Crippen molar-refractivity contribution in [1.82, 2.24) is 9.55 Å². The molecule has 0 aliphatic rings. The number of ether oxygens (including phenoxy) is 4. The van der Waals surface area contributed by atoms with Gasteiger partial charge < -0.3 is 23.5 Å². The number of fused-ring (bicyclic) bond motifs is 1. The quantitative estimate of drug-likeness (QED) is 0.372. The van der Waals surface area contributed by atoms with Gasteiger partial charge in [0.25, 0.3) is 0 Å². The maximum atomic E-state index is 6.09. The van der Waals surface area contributed by atoms with E-state index in [1.165, 1.54) is 11.1 Å². The van der Waals surface area contributed by atoms with Crippen molar-refractivity contribution in [2.75, 3.05) is 27.9 Å². The summed E-state index contributed by atoms with van der Waals surface area (Å²) in [6, 6.07) is 18.2. The van der Waals surface area contributed by atoms with Gasteiger partial charge in [-0.25, -0.2) is 4.98 Å². The van der Waals surface area contributed by atoms with E-state index in [-0.39, 0.29) is 0 Å². The zero-order valence-electron chi connectivity index (χ0n) is 19.1. The Hall–Kier alpha value is -3.67. The number of benzene rings is 3. The van der Waals surface area contributed by atoms with E-state index in [2.05, 4.69) is 42.7 Å². The van der Waals surface area contributed by atoms with Crippen molar-refractivity contribution < 1.29 is 18.9 Å². The Kier molecular flexibility index (Phi) is 6.21. The van der Waals surface area contributed by atoms with E-state index in [1.807, 2.05) is 30.3 Å². The minimum atomic E-state index is 0.515. The van der Waals surface area contributed by atoms with Crippen molar-refractivity contribution >= 4 is 11.0 Å². The van der Waals surface area contributed by atoms with Gasteiger partial charge in [-0.3, -0.25) is 0 Å². The standard InChI is InChI=1S/C26H28N2O4/c1-17-12-18(2)14-20(13-17)32-11-10-28-22-9-7-6-8-21(22)27-26(28)19-15-23(29-3)25(31-5)24(16-19)30-4/h6-9,12-16H,10-11H2,1-5H3. The van der Waals surface area contributed by atoms with Gasteiger partial charge in [0.1, 0.15) is 18.2 Å². The maximum Gasteiger partial charge on any atom is 0.203 e. The van der Waals surface area contributed by atoms with E-state index in [0.717, 1.165) is 28.2 Å². The molecule has 0 aliphatic carbocycles. The van der Waals surface area contributed by atoms with Crippen LogP contribution in [-0.4, -0.2) is 37.5 Å². The molecular formula is C26H28N2O4. The highest BCUT2D eigenvalue weighted by molar-refractivity contribution is 5.81. The van der Waals surface area contributed by atoms with E-state index in [1.54, 1.807) is 21.3 Å². The first-order chi connectivity index (χ1) is 15.5. The second kappa shape index (κ2) is 9.22. The molecular weight excluding hydrogens is 404 g/mol. The van der Waals surface area contributed by atoms with Crippen LogP contribution in [0.5, 0.6) is 23.0 Å². The van der Waals surface area contributed by atoms with Gasteiger partial charge in [-0.1, -0.05) is 18.2 Å².